The van der Waals surface area contributed by atoms with Gasteiger partial charge in [-0.2, -0.15) is 5.10 Å². The van der Waals surface area contributed by atoms with Gasteiger partial charge in [-0.15, -0.1) is 0 Å². The Labute approximate surface area is 153 Å². The van der Waals surface area contributed by atoms with Gasteiger partial charge in [-0.25, -0.2) is 9.67 Å². The lowest BCUT2D eigenvalue weighted by Gasteiger charge is -2.23. The molecule has 4 rings (SSSR count). The van der Waals surface area contributed by atoms with Crippen molar-refractivity contribution < 1.29 is 9.84 Å². The van der Waals surface area contributed by atoms with Gasteiger partial charge >= 0.3 is 0 Å². The molecule has 138 valence electrons. The normalized spacial score (nSPS) is 18.5. The van der Waals surface area contributed by atoms with Gasteiger partial charge in [0.05, 0.1) is 12.1 Å². The average molecular weight is 354 g/mol. The van der Waals surface area contributed by atoms with Crippen LogP contribution in [0.4, 0.5) is 0 Å². The lowest BCUT2D eigenvalue weighted by molar-refractivity contribution is 0.0483. The van der Waals surface area contributed by atoms with Crippen molar-refractivity contribution >= 4 is 10.9 Å². The molecule has 0 amide bonds. The number of aromatic nitrogens is 4. The van der Waals surface area contributed by atoms with E-state index in [0.29, 0.717) is 18.3 Å². The summed E-state index contributed by atoms with van der Waals surface area (Å²) in [5.74, 6) is 2.09. The second kappa shape index (κ2) is 6.85. The lowest BCUT2D eigenvalue weighted by Crippen LogP contribution is -2.29. The monoisotopic (exact) mass is 354 g/mol. The van der Waals surface area contributed by atoms with Crippen molar-refractivity contribution in [1.29, 1.82) is 0 Å². The van der Waals surface area contributed by atoms with Crippen LogP contribution in [-0.4, -0.2) is 43.7 Å². The summed E-state index contributed by atoms with van der Waals surface area (Å²) in [5, 5.41) is 16.1. The first-order valence-corrected chi connectivity index (χ1v) is 9.30. The number of rotatable bonds is 5. The van der Waals surface area contributed by atoms with Crippen molar-refractivity contribution in [2.24, 2.45) is 5.92 Å². The van der Waals surface area contributed by atoms with E-state index in [1.807, 2.05) is 29.1 Å². The molecule has 1 saturated heterocycles. The maximum atomic E-state index is 10.3. The summed E-state index contributed by atoms with van der Waals surface area (Å²) in [7, 11) is 0. The summed E-state index contributed by atoms with van der Waals surface area (Å²) in [6, 6.07) is 8.16. The summed E-state index contributed by atoms with van der Waals surface area (Å²) in [4.78, 5) is 8.13. The first-order chi connectivity index (χ1) is 12.5. The highest BCUT2D eigenvalue weighted by atomic mass is 16.5. The molecule has 0 saturated carbocycles. The van der Waals surface area contributed by atoms with E-state index in [1.54, 1.807) is 13.8 Å². The van der Waals surface area contributed by atoms with Crippen LogP contribution in [-0.2, 0) is 17.7 Å². The van der Waals surface area contributed by atoms with Crippen molar-refractivity contribution in [3.8, 4) is 11.4 Å². The fraction of sp³-hybridized carbons (Fsp3) is 0.500. The molecular weight excluding hydrogens is 328 g/mol. The first-order valence-electron chi connectivity index (χ1n) is 9.30. The maximum absolute atomic E-state index is 10.3. The zero-order chi connectivity index (χ0) is 18.1. The quantitative estimate of drug-likeness (QED) is 0.738. The molecule has 1 aliphatic rings. The van der Waals surface area contributed by atoms with Crippen LogP contribution in [0.25, 0.3) is 22.3 Å². The van der Waals surface area contributed by atoms with Gasteiger partial charge in [0, 0.05) is 42.3 Å². The number of para-hydroxylation sites is 1. The van der Waals surface area contributed by atoms with Gasteiger partial charge in [0.15, 0.2) is 5.82 Å². The third kappa shape index (κ3) is 3.66. The summed E-state index contributed by atoms with van der Waals surface area (Å²) >= 11 is 0. The lowest BCUT2D eigenvalue weighted by atomic mass is 9.98. The van der Waals surface area contributed by atoms with Crippen molar-refractivity contribution in [3.05, 3.63) is 36.3 Å². The Hall–Kier alpha value is -2.18. The van der Waals surface area contributed by atoms with Gasteiger partial charge in [-0.3, -0.25) is 0 Å². The summed E-state index contributed by atoms with van der Waals surface area (Å²) < 4.78 is 7.49. The minimum absolute atomic E-state index is 0.422. The molecule has 2 aromatic heterocycles. The van der Waals surface area contributed by atoms with Crippen LogP contribution in [0.1, 0.15) is 32.5 Å². The largest absolute Gasteiger partial charge is 0.389 e. The van der Waals surface area contributed by atoms with Crippen LogP contribution in [0.15, 0.2) is 30.5 Å². The zero-order valence-electron chi connectivity index (χ0n) is 15.4. The van der Waals surface area contributed by atoms with E-state index in [-0.39, 0.29) is 0 Å². The molecule has 6 heteroatoms. The fourth-order valence-electron chi connectivity index (χ4n) is 3.62. The predicted octanol–water partition coefficient (Wildman–Crippen LogP) is 3.17. The number of hydrogen-bond acceptors (Lipinski definition) is 4. The average Bonchev–Trinajstić information content (AvgIpc) is 3.19. The van der Waals surface area contributed by atoms with Gasteiger partial charge in [0.2, 0.25) is 0 Å². The topological polar surface area (TPSA) is 76.0 Å². The highest BCUT2D eigenvalue weighted by molar-refractivity contribution is 5.93. The number of nitrogens with zero attached hydrogens (tertiary/aromatic N) is 3. The van der Waals surface area contributed by atoms with Crippen LogP contribution in [0.3, 0.4) is 0 Å². The standard InChI is InChI=1S/C20H26N4O2/c1-20(2,25)13-24-18(10-14-6-5-9-26-12-14)22-19(23-24)16-11-21-17-8-4-3-7-15(16)17/h3-4,7-8,11,14,21,25H,5-6,9-10,12-13H2,1-2H3/t14-/m1/s1. The third-order valence-electron chi connectivity index (χ3n) is 4.84. The maximum Gasteiger partial charge on any atom is 0.183 e. The summed E-state index contributed by atoms with van der Waals surface area (Å²) in [5.41, 5.74) is 1.23. The molecule has 1 fully saturated rings. The van der Waals surface area contributed by atoms with Crippen LogP contribution >= 0.6 is 0 Å². The van der Waals surface area contributed by atoms with Crippen molar-refractivity contribution in [2.75, 3.05) is 13.2 Å². The van der Waals surface area contributed by atoms with Crippen molar-refractivity contribution in [2.45, 2.75) is 45.3 Å². The van der Waals surface area contributed by atoms with Crippen LogP contribution in [0.2, 0.25) is 0 Å². The van der Waals surface area contributed by atoms with Crippen LogP contribution < -0.4 is 0 Å². The Balaban J connectivity index is 1.70. The molecule has 3 heterocycles. The number of aromatic amines is 1. The van der Waals surface area contributed by atoms with Gasteiger partial charge in [-0.1, -0.05) is 18.2 Å². The number of aliphatic hydroxyl groups is 1. The zero-order valence-corrected chi connectivity index (χ0v) is 15.4. The van der Waals surface area contributed by atoms with Crippen LogP contribution in [0.5, 0.6) is 0 Å². The number of H-pyrrole nitrogens is 1. The second-order valence-electron chi connectivity index (χ2n) is 7.86. The van der Waals surface area contributed by atoms with E-state index in [9.17, 15) is 5.11 Å². The summed E-state index contributed by atoms with van der Waals surface area (Å²) in [6.45, 7) is 5.65. The van der Waals surface area contributed by atoms with E-state index in [0.717, 1.165) is 54.8 Å². The molecule has 0 bridgehead atoms. The molecule has 0 spiro atoms. The van der Waals surface area contributed by atoms with E-state index in [2.05, 4.69) is 11.1 Å². The number of fused-ring (bicyclic) bond motifs is 1. The number of benzene rings is 1. The molecule has 2 N–H and O–H groups in total. The van der Waals surface area contributed by atoms with Gasteiger partial charge in [0.1, 0.15) is 5.82 Å². The molecule has 3 aromatic rings. The molecule has 1 aromatic carbocycles. The Kier molecular flexibility index (Phi) is 4.54. The van der Waals surface area contributed by atoms with Crippen molar-refractivity contribution in [3.63, 3.8) is 0 Å². The smallest absolute Gasteiger partial charge is 0.183 e. The highest BCUT2D eigenvalue weighted by Gasteiger charge is 2.23. The number of hydrogen-bond donors (Lipinski definition) is 2. The molecule has 1 atom stereocenters. The number of nitrogens with one attached hydrogen (secondary N) is 1. The van der Waals surface area contributed by atoms with E-state index >= 15 is 0 Å². The molecule has 1 aliphatic heterocycles. The Morgan fingerprint density at radius 3 is 2.96 bits per heavy atom. The summed E-state index contributed by atoms with van der Waals surface area (Å²) in [6.07, 6.45) is 5.03. The van der Waals surface area contributed by atoms with Crippen molar-refractivity contribution in [1.82, 2.24) is 19.7 Å². The molecular formula is C20H26N4O2. The SMILES string of the molecule is CC(C)(O)Cn1nc(-c2c[nH]c3ccccc23)nc1C[C@H]1CCCOC1. The van der Waals surface area contributed by atoms with Crippen LogP contribution in [0, 0.1) is 5.92 Å². The van der Waals surface area contributed by atoms with E-state index in [1.165, 1.54) is 0 Å². The molecule has 0 aliphatic carbocycles. The Bertz CT molecular complexity index is 885. The second-order valence-corrected chi connectivity index (χ2v) is 7.86. The number of ether oxygens (including phenoxy) is 1. The Morgan fingerprint density at radius 1 is 1.35 bits per heavy atom. The van der Waals surface area contributed by atoms with E-state index in [4.69, 9.17) is 14.8 Å². The highest BCUT2D eigenvalue weighted by Crippen LogP contribution is 2.27. The molecule has 6 nitrogen and oxygen atoms in total. The molecule has 26 heavy (non-hydrogen) atoms. The first kappa shape index (κ1) is 17.2. The predicted molar refractivity (Wildman–Crippen MR) is 101 cm³/mol. The molecule has 0 unspecified atom stereocenters. The minimum Gasteiger partial charge on any atom is -0.389 e. The van der Waals surface area contributed by atoms with Gasteiger partial charge in [0.25, 0.3) is 0 Å². The van der Waals surface area contributed by atoms with Gasteiger partial charge < -0.3 is 14.8 Å². The minimum atomic E-state index is -0.844. The third-order valence-corrected chi connectivity index (χ3v) is 4.84. The Morgan fingerprint density at radius 2 is 2.19 bits per heavy atom. The van der Waals surface area contributed by atoms with Gasteiger partial charge in [-0.05, 0) is 38.7 Å². The van der Waals surface area contributed by atoms with E-state index < -0.39 is 5.60 Å². The fourth-order valence-corrected chi connectivity index (χ4v) is 3.62. The molecule has 0 radical (unpaired) electrons.